The van der Waals surface area contributed by atoms with Crippen LogP contribution in [0.3, 0.4) is 0 Å². The van der Waals surface area contributed by atoms with Gasteiger partial charge in [0, 0.05) is 5.75 Å². The molecule has 1 fully saturated rings. The number of aliphatic hydroxyl groups is 1. The molecule has 0 aliphatic heterocycles. The van der Waals surface area contributed by atoms with Crippen molar-refractivity contribution in [3.05, 3.63) is 35.9 Å². The van der Waals surface area contributed by atoms with Gasteiger partial charge in [-0.1, -0.05) is 37.3 Å². The highest BCUT2D eigenvalue weighted by Gasteiger charge is 2.30. The summed E-state index contributed by atoms with van der Waals surface area (Å²) in [5, 5.41) is 10.1. The first-order valence-electron chi connectivity index (χ1n) is 7.45. The number of benzene rings is 1. The van der Waals surface area contributed by atoms with Crippen molar-refractivity contribution in [2.24, 2.45) is 5.92 Å². The minimum atomic E-state index is -2.94. The van der Waals surface area contributed by atoms with Crippen molar-refractivity contribution in [2.45, 2.75) is 44.6 Å². The van der Waals surface area contributed by atoms with Gasteiger partial charge in [-0.15, -0.1) is 0 Å². The molecule has 1 aliphatic carbocycles. The SMILES string of the molecule is CCS(=O)(=O)CCC1CC(c2ccccc2)CCC1O. The van der Waals surface area contributed by atoms with Crippen molar-refractivity contribution < 1.29 is 13.5 Å². The first-order valence-corrected chi connectivity index (χ1v) is 9.27. The van der Waals surface area contributed by atoms with Crippen molar-refractivity contribution in [3.63, 3.8) is 0 Å². The zero-order chi connectivity index (χ0) is 14.6. The highest BCUT2D eigenvalue weighted by Crippen LogP contribution is 2.37. The van der Waals surface area contributed by atoms with Gasteiger partial charge in [-0.3, -0.25) is 0 Å². The van der Waals surface area contributed by atoms with E-state index < -0.39 is 9.84 Å². The van der Waals surface area contributed by atoms with Crippen LogP contribution in [0.5, 0.6) is 0 Å². The molecule has 0 spiro atoms. The zero-order valence-corrected chi connectivity index (χ0v) is 12.8. The molecule has 0 heterocycles. The molecular weight excluding hydrogens is 272 g/mol. The van der Waals surface area contributed by atoms with Gasteiger partial charge in [-0.2, -0.15) is 0 Å². The van der Waals surface area contributed by atoms with Crippen molar-refractivity contribution in [2.75, 3.05) is 11.5 Å². The van der Waals surface area contributed by atoms with Crippen LogP contribution in [0.1, 0.15) is 44.1 Å². The lowest BCUT2D eigenvalue weighted by Crippen LogP contribution is -2.30. The van der Waals surface area contributed by atoms with Crippen LogP contribution < -0.4 is 0 Å². The molecule has 0 aromatic heterocycles. The molecular formula is C16H24O3S. The Morgan fingerprint density at radius 1 is 1.20 bits per heavy atom. The maximum atomic E-state index is 11.6. The van der Waals surface area contributed by atoms with Gasteiger partial charge in [0.1, 0.15) is 9.84 Å². The fourth-order valence-electron chi connectivity index (χ4n) is 3.06. The van der Waals surface area contributed by atoms with Gasteiger partial charge in [0.2, 0.25) is 0 Å². The summed E-state index contributed by atoms with van der Waals surface area (Å²) in [6.45, 7) is 1.68. The molecule has 1 aliphatic rings. The van der Waals surface area contributed by atoms with Crippen LogP contribution in [0, 0.1) is 5.92 Å². The fraction of sp³-hybridized carbons (Fsp3) is 0.625. The average Bonchev–Trinajstić information content (AvgIpc) is 2.47. The second-order valence-electron chi connectivity index (χ2n) is 5.77. The Morgan fingerprint density at radius 2 is 1.90 bits per heavy atom. The van der Waals surface area contributed by atoms with Crippen molar-refractivity contribution in [1.29, 1.82) is 0 Å². The van der Waals surface area contributed by atoms with Gasteiger partial charge in [-0.25, -0.2) is 8.42 Å². The molecule has 0 amide bonds. The lowest BCUT2D eigenvalue weighted by atomic mass is 9.75. The molecule has 0 saturated heterocycles. The lowest BCUT2D eigenvalue weighted by molar-refractivity contribution is 0.0603. The average molecular weight is 296 g/mol. The van der Waals surface area contributed by atoms with E-state index in [1.807, 2.05) is 18.2 Å². The number of sulfone groups is 1. The molecule has 3 nitrogen and oxygen atoms in total. The Kier molecular flexibility index (Phi) is 5.22. The largest absolute Gasteiger partial charge is 0.393 e. The monoisotopic (exact) mass is 296 g/mol. The summed E-state index contributed by atoms with van der Waals surface area (Å²) >= 11 is 0. The van der Waals surface area contributed by atoms with Crippen LogP contribution in [0.25, 0.3) is 0 Å². The Morgan fingerprint density at radius 3 is 2.55 bits per heavy atom. The van der Waals surface area contributed by atoms with E-state index in [0.29, 0.717) is 12.3 Å². The first kappa shape index (κ1) is 15.5. The van der Waals surface area contributed by atoms with E-state index in [9.17, 15) is 13.5 Å². The molecule has 0 bridgehead atoms. The maximum Gasteiger partial charge on any atom is 0.150 e. The smallest absolute Gasteiger partial charge is 0.150 e. The van der Waals surface area contributed by atoms with Crippen LogP contribution >= 0.6 is 0 Å². The molecule has 4 heteroatoms. The van der Waals surface area contributed by atoms with Crippen LogP contribution in [-0.4, -0.2) is 31.1 Å². The number of rotatable bonds is 5. The van der Waals surface area contributed by atoms with Gasteiger partial charge in [0.25, 0.3) is 0 Å². The van der Waals surface area contributed by atoms with E-state index in [1.54, 1.807) is 6.92 Å². The molecule has 0 radical (unpaired) electrons. The molecule has 20 heavy (non-hydrogen) atoms. The highest BCUT2D eigenvalue weighted by molar-refractivity contribution is 7.91. The highest BCUT2D eigenvalue weighted by atomic mass is 32.2. The van der Waals surface area contributed by atoms with E-state index in [2.05, 4.69) is 12.1 Å². The minimum absolute atomic E-state index is 0.107. The fourth-order valence-corrected chi connectivity index (χ4v) is 4.01. The van der Waals surface area contributed by atoms with E-state index >= 15 is 0 Å². The van der Waals surface area contributed by atoms with Gasteiger partial charge in [0.15, 0.2) is 0 Å². The second kappa shape index (κ2) is 6.72. The summed E-state index contributed by atoms with van der Waals surface area (Å²) in [6, 6.07) is 10.3. The summed E-state index contributed by atoms with van der Waals surface area (Å²) in [4.78, 5) is 0. The number of hydrogen-bond acceptors (Lipinski definition) is 3. The minimum Gasteiger partial charge on any atom is -0.393 e. The number of hydrogen-bond donors (Lipinski definition) is 1. The predicted molar refractivity (Wildman–Crippen MR) is 81.5 cm³/mol. The van der Waals surface area contributed by atoms with Gasteiger partial charge < -0.3 is 5.11 Å². The molecule has 112 valence electrons. The van der Waals surface area contributed by atoms with Crippen molar-refractivity contribution in [1.82, 2.24) is 0 Å². The molecule has 1 aromatic rings. The predicted octanol–water partition coefficient (Wildman–Crippen LogP) is 2.76. The van der Waals surface area contributed by atoms with E-state index in [-0.39, 0.29) is 23.5 Å². The Balaban J connectivity index is 1.98. The Hall–Kier alpha value is -0.870. The second-order valence-corrected chi connectivity index (χ2v) is 8.25. The molecule has 1 saturated carbocycles. The topological polar surface area (TPSA) is 54.4 Å². The summed E-state index contributed by atoms with van der Waals surface area (Å²) in [7, 11) is -2.94. The molecule has 3 unspecified atom stereocenters. The maximum absolute atomic E-state index is 11.6. The Labute approximate surface area is 121 Å². The molecule has 3 atom stereocenters. The van der Waals surface area contributed by atoms with E-state index in [4.69, 9.17) is 0 Å². The zero-order valence-electron chi connectivity index (χ0n) is 12.0. The van der Waals surface area contributed by atoms with Gasteiger partial charge in [0.05, 0.1) is 11.9 Å². The van der Waals surface area contributed by atoms with Crippen LogP contribution in [0.4, 0.5) is 0 Å². The third-order valence-corrected chi connectivity index (χ3v) is 6.19. The van der Waals surface area contributed by atoms with Crippen molar-refractivity contribution >= 4 is 9.84 Å². The number of aliphatic hydroxyl groups excluding tert-OH is 1. The standard InChI is InChI=1S/C16H24O3S/c1-2-20(18,19)11-10-15-12-14(8-9-16(15)17)13-6-4-3-5-7-13/h3-7,14-17H,2,8-12H2,1H3. The first-order chi connectivity index (χ1) is 9.52. The third kappa shape index (κ3) is 4.06. The molecule has 2 rings (SSSR count). The van der Waals surface area contributed by atoms with Gasteiger partial charge in [-0.05, 0) is 43.1 Å². The lowest BCUT2D eigenvalue weighted by Gasteiger charge is -2.33. The Bertz CT molecular complexity index is 510. The summed E-state index contributed by atoms with van der Waals surface area (Å²) in [5.41, 5.74) is 1.31. The summed E-state index contributed by atoms with van der Waals surface area (Å²) < 4.78 is 23.2. The summed E-state index contributed by atoms with van der Waals surface area (Å²) in [5.74, 6) is 0.953. The van der Waals surface area contributed by atoms with Crippen LogP contribution in [-0.2, 0) is 9.84 Å². The van der Waals surface area contributed by atoms with Crippen molar-refractivity contribution in [3.8, 4) is 0 Å². The van der Waals surface area contributed by atoms with E-state index in [0.717, 1.165) is 19.3 Å². The third-order valence-electron chi connectivity index (χ3n) is 4.45. The molecule has 1 N–H and O–H groups in total. The molecule has 1 aromatic carbocycles. The van der Waals surface area contributed by atoms with Crippen LogP contribution in [0.2, 0.25) is 0 Å². The van der Waals surface area contributed by atoms with E-state index in [1.165, 1.54) is 5.56 Å². The van der Waals surface area contributed by atoms with Gasteiger partial charge >= 0.3 is 0 Å². The summed E-state index contributed by atoms with van der Waals surface area (Å²) in [6.07, 6.45) is 2.89. The normalized spacial score (nSPS) is 27.4. The quantitative estimate of drug-likeness (QED) is 0.909. The van der Waals surface area contributed by atoms with Crippen LogP contribution in [0.15, 0.2) is 30.3 Å².